The Morgan fingerprint density at radius 1 is 1.06 bits per heavy atom. The highest BCUT2D eigenvalue weighted by atomic mass is 35.5. The minimum absolute atomic E-state index is 0.294. The molecule has 2 atom stereocenters. The van der Waals surface area contributed by atoms with Gasteiger partial charge in [0, 0.05) is 21.7 Å². The van der Waals surface area contributed by atoms with Gasteiger partial charge in [-0.3, -0.25) is 9.59 Å². The van der Waals surface area contributed by atoms with E-state index in [0.717, 1.165) is 22.4 Å². The molecule has 33 heavy (non-hydrogen) atoms. The van der Waals surface area contributed by atoms with Crippen LogP contribution in [0.4, 0.5) is 0 Å². The Bertz CT molecular complexity index is 1170. The molecule has 1 aliphatic rings. The van der Waals surface area contributed by atoms with Gasteiger partial charge in [-0.2, -0.15) is 0 Å². The molecule has 3 aromatic rings. The first kappa shape index (κ1) is 22.6. The third-order valence-electron chi connectivity index (χ3n) is 5.43. The van der Waals surface area contributed by atoms with Crippen LogP contribution < -0.4 is 15.5 Å². The van der Waals surface area contributed by atoms with E-state index in [9.17, 15) is 9.59 Å². The van der Waals surface area contributed by atoms with Gasteiger partial charge in [0.2, 0.25) is 12.3 Å². The van der Waals surface area contributed by atoms with Crippen LogP contribution in [0.25, 0.3) is 0 Å². The van der Waals surface area contributed by atoms with E-state index >= 15 is 0 Å². The van der Waals surface area contributed by atoms with Crippen LogP contribution in [-0.4, -0.2) is 35.4 Å². The number of nitrogens with one attached hydrogen (secondary N) is 2. The molecule has 2 amide bonds. The van der Waals surface area contributed by atoms with Crippen molar-refractivity contribution in [1.82, 2.24) is 10.7 Å². The van der Waals surface area contributed by atoms with E-state index in [-0.39, 0.29) is 11.8 Å². The molecule has 0 bridgehead atoms. The molecule has 4 rings (SSSR count). The van der Waals surface area contributed by atoms with Gasteiger partial charge in [0.05, 0.1) is 6.61 Å². The van der Waals surface area contributed by atoms with Gasteiger partial charge in [0.25, 0.3) is 5.91 Å². The number of hydrazone groups is 1. The molecule has 1 aliphatic heterocycles. The number of aryl methyl sites for hydroxylation is 1. The van der Waals surface area contributed by atoms with E-state index in [1.807, 2.05) is 68.6 Å². The third kappa shape index (κ3) is 5.23. The summed E-state index contributed by atoms with van der Waals surface area (Å²) in [6.07, 6.45) is 1.84. The summed E-state index contributed by atoms with van der Waals surface area (Å²) < 4.78 is 7.23. The number of hydrogen-bond donors (Lipinski definition) is 2. The van der Waals surface area contributed by atoms with E-state index in [1.165, 1.54) is 0 Å². The predicted octanol–water partition coefficient (Wildman–Crippen LogP) is 4.06. The summed E-state index contributed by atoms with van der Waals surface area (Å²) in [5.74, 6) is 0.173. The second kappa shape index (κ2) is 9.88. The number of halogens is 1. The lowest BCUT2D eigenvalue weighted by Gasteiger charge is -2.15. The fourth-order valence-electron chi connectivity index (χ4n) is 3.75. The molecule has 168 valence electrons. The Labute approximate surface area is 197 Å². The zero-order valence-electron chi connectivity index (χ0n) is 18.4. The molecule has 0 aliphatic carbocycles. The zero-order valence-corrected chi connectivity index (χ0v) is 19.2. The summed E-state index contributed by atoms with van der Waals surface area (Å²) in [5, 5.41) is 3.50. The number of nitrogens with zero attached hydrogens (tertiary/aromatic N) is 1. The molecule has 0 saturated carbocycles. The van der Waals surface area contributed by atoms with Gasteiger partial charge in [0.15, 0.2) is 6.04 Å². The summed E-state index contributed by atoms with van der Waals surface area (Å²) in [7, 11) is 0. The summed E-state index contributed by atoms with van der Waals surface area (Å²) in [4.78, 5) is 25.8. The fraction of sp³-hybridized carbons (Fsp3) is 0.192. The van der Waals surface area contributed by atoms with E-state index in [1.54, 1.807) is 28.9 Å². The number of carbonyl (C=O) groups is 2. The van der Waals surface area contributed by atoms with Crippen molar-refractivity contribution < 1.29 is 19.0 Å². The second-order valence-corrected chi connectivity index (χ2v) is 8.26. The van der Waals surface area contributed by atoms with Crippen LogP contribution in [0.1, 0.15) is 40.0 Å². The van der Waals surface area contributed by atoms with E-state index in [0.29, 0.717) is 17.2 Å². The van der Waals surface area contributed by atoms with Crippen molar-refractivity contribution in [2.75, 3.05) is 6.61 Å². The fourth-order valence-corrected chi connectivity index (χ4v) is 3.87. The predicted molar refractivity (Wildman–Crippen MR) is 128 cm³/mol. The highest BCUT2D eigenvalue weighted by molar-refractivity contribution is 6.30. The molecule has 1 heterocycles. The third-order valence-corrected chi connectivity index (χ3v) is 5.68. The Balaban J connectivity index is 1.66. The van der Waals surface area contributed by atoms with Crippen LogP contribution in [-0.2, 0) is 4.79 Å². The van der Waals surface area contributed by atoms with E-state index < -0.39 is 12.1 Å². The Hall–Kier alpha value is -3.64. The highest BCUT2D eigenvalue weighted by Gasteiger charge is 2.47. The molecule has 6 nitrogen and oxygen atoms in total. The van der Waals surface area contributed by atoms with Gasteiger partial charge in [-0.15, -0.1) is 10.1 Å². The van der Waals surface area contributed by atoms with E-state index in [2.05, 4.69) is 10.7 Å². The summed E-state index contributed by atoms with van der Waals surface area (Å²) in [5.41, 5.74) is 6.15. The molecule has 0 aromatic heterocycles. The molecule has 1 fully saturated rings. The van der Waals surface area contributed by atoms with Gasteiger partial charge < -0.3 is 10.1 Å². The lowest BCUT2D eigenvalue weighted by Crippen LogP contribution is -2.42. The van der Waals surface area contributed by atoms with Crippen molar-refractivity contribution in [1.29, 1.82) is 0 Å². The molecule has 0 radical (unpaired) electrons. The van der Waals surface area contributed by atoms with Crippen molar-refractivity contribution in [3.63, 3.8) is 0 Å². The average molecular weight is 463 g/mol. The highest BCUT2D eigenvalue weighted by Crippen LogP contribution is 2.27. The van der Waals surface area contributed by atoms with Crippen molar-refractivity contribution in [2.45, 2.75) is 25.9 Å². The number of rotatable bonds is 6. The van der Waals surface area contributed by atoms with Crippen LogP contribution in [0, 0.1) is 6.92 Å². The normalized spacial score (nSPS) is 18.8. The van der Waals surface area contributed by atoms with Gasteiger partial charge in [0.1, 0.15) is 5.75 Å². The SMILES string of the molecule is CCOc1ccc(/C=[N+]2\NC(=O)[C@@H](NC(=O)c3ccc(C)cc3)[C@H]2c2ccc(Cl)cc2)cc1. The van der Waals surface area contributed by atoms with Gasteiger partial charge in [-0.05, 0) is 62.4 Å². The van der Waals surface area contributed by atoms with Gasteiger partial charge >= 0.3 is 5.91 Å². The molecular formula is C26H25ClN3O3+. The Morgan fingerprint density at radius 3 is 2.36 bits per heavy atom. The Morgan fingerprint density at radius 2 is 1.73 bits per heavy atom. The van der Waals surface area contributed by atoms with Gasteiger partial charge in [-0.1, -0.05) is 41.4 Å². The number of carbonyl (C=O) groups excluding carboxylic acids is 2. The lowest BCUT2D eigenvalue weighted by atomic mass is 9.99. The van der Waals surface area contributed by atoms with Crippen molar-refractivity contribution in [3.8, 4) is 5.75 Å². The number of benzene rings is 3. The first-order valence-corrected chi connectivity index (χ1v) is 11.1. The van der Waals surface area contributed by atoms with Crippen LogP contribution in [0.2, 0.25) is 5.02 Å². The number of amides is 2. The molecule has 7 heteroatoms. The Kier molecular flexibility index (Phi) is 6.75. The standard InChI is InChI=1S/C26H24ClN3O3/c1-3-33-22-14-6-18(7-15-22)16-30-24(19-10-12-21(27)13-11-19)23(26(32)29-30)28-25(31)20-8-4-17(2)5-9-20/h4-16,23-24H,3H2,1-2H3,(H-,28,29,31,32)/p+1/b30-16-/t23-,24+/m0/s1. The first-order valence-electron chi connectivity index (χ1n) is 10.7. The molecular weight excluding hydrogens is 438 g/mol. The first-order chi connectivity index (χ1) is 15.9. The number of ether oxygens (including phenoxy) is 1. The minimum Gasteiger partial charge on any atom is -0.494 e. The molecule has 0 spiro atoms. The summed E-state index contributed by atoms with van der Waals surface area (Å²) in [6, 6.07) is 20.8. The minimum atomic E-state index is -0.793. The number of hydrogen-bond acceptors (Lipinski definition) is 3. The second-order valence-electron chi connectivity index (χ2n) is 7.83. The maximum absolute atomic E-state index is 13.0. The van der Waals surface area contributed by atoms with Crippen molar-refractivity contribution >= 4 is 29.6 Å². The largest absolute Gasteiger partial charge is 0.494 e. The maximum Gasteiger partial charge on any atom is 0.304 e. The zero-order chi connectivity index (χ0) is 23.4. The smallest absolute Gasteiger partial charge is 0.304 e. The quantitative estimate of drug-likeness (QED) is 0.543. The van der Waals surface area contributed by atoms with Crippen molar-refractivity contribution in [3.05, 3.63) is 100 Å². The van der Waals surface area contributed by atoms with Crippen LogP contribution in [0.15, 0.2) is 72.8 Å². The molecule has 0 unspecified atom stereocenters. The summed E-state index contributed by atoms with van der Waals surface area (Å²) in [6.45, 7) is 4.48. The molecule has 1 saturated heterocycles. The van der Waals surface area contributed by atoms with E-state index in [4.69, 9.17) is 16.3 Å². The van der Waals surface area contributed by atoms with Crippen LogP contribution >= 0.6 is 11.6 Å². The number of hydrazine groups is 1. The lowest BCUT2D eigenvalue weighted by molar-refractivity contribution is -0.596. The molecule has 2 N–H and O–H groups in total. The maximum atomic E-state index is 13.0. The monoisotopic (exact) mass is 462 g/mol. The van der Waals surface area contributed by atoms with Crippen LogP contribution in [0.3, 0.4) is 0 Å². The topological polar surface area (TPSA) is 70.4 Å². The van der Waals surface area contributed by atoms with Crippen LogP contribution in [0.5, 0.6) is 5.75 Å². The summed E-state index contributed by atoms with van der Waals surface area (Å²) >= 11 is 6.08. The van der Waals surface area contributed by atoms with Gasteiger partial charge in [-0.25, -0.2) is 0 Å². The average Bonchev–Trinajstić information content (AvgIpc) is 3.10. The van der Waals surface area contributed by atoms with Crippen molar-refractivity contribution in [2.24, 2.45) is 0 Å². The molecule has 3 aromatic carbocycles.